The van der Waals surface area contributed by atoms with Crippen LogP contribution in [0.2, 0.25) is 5.02 Å². The SMILES string of the molecule is COC(=O)c1cc(F)c2nc(CN3CCN(c4cccc5c4OC(C)(c4ccc(Cl)cc4F)O5)[C@H]4COC[C@H]43)n(C[C@@H]3CCO3)c2c1. The number of rotatable bonds is 7. The molecule has 4 aliphatic heterocycles. The second-order valence-corrected chi connectivity index (χ2v) is 12.9. The summed E-state index contributed by atoms with van der Waals surface area (Å²) in [5, 5.41) is 0.291. The van der Waals surface area contributed by atoms with E-state index in [2.05, 4.69) is 9.80 Å². The van der Waals surface area contributed by atoms with E-state index in [9.17, 15) is 9.18 Å². The van der Waals surface area contributed by atoms with Crippen molar-refractivity contribution in [3.63, 3.8) is 0 Å². The first kappa shape index (κ1) is 30.4. The van der Waals surface area contributed by atoms with Crippen LogP contribution >= 0.6 is 11.6 Å². The summed E-state index contributed by atoms with van der Waals surface area (Å²) in [6.45, 7) is 5.64. The van der Waals surface area contributed by atoms with Crippen LogP contribution in [0, 0.1) is 11.6 Å². The summed E-state index contributed by atoms with van der Waals surface area (Å²) in [4.78, 5) is 21.6. The Kier molecular flexibility index (Phi) is 7.51. The molecule has 4 aromatic rings. The van der Waals surface area contributed by atoms with E-state index in [1.165, 1.54) is 19.2 Å². The molecule has 0 aliphatic carbocycles. The zero-order valence-corrected chi connectivity index (χ0v) is 26.6. The molecule has 13 heteroatoms. The number of imidazole rings is 1. The van der Waals surface area contributed by atoms with E-state index in [1.807, 2.05) is 22.8 Å². The number of carbonyl (C=O) groups excluding carboxylic acids is 1. The van der Waals surface area contributed by atoms with E-state index >= 15 is 4.39 Å². The van der Waals surface area contributed by atoms with Gasteiger partial charge in [-0.05, 0) is 48.9 Å². The predicted octanol–water partition coefficient (Wildman–Crippen LogP) is 5.28. The Hall–Kier alpha value is -3.97. The number of carbonyl (C=O) groups is 1. The van der Waals surface area contributed by atoms with E-state index in [0.29, 0.717) is 73.9 Å². The van der Waals surface area contributed by atoms with Crippen LogP contribution in [0.25, 0.3) is 11.0 Å². The standard InChI is InChI=1S/C34H33ClF2N4O6/c1-34(22-7-6-20(35)14-23(22)36)46-29-5-3-4-25(32(29)47-34)40-10-9-39(27-17-44-18-28(27)40)16-30-38-31-24(37)12-19(33(42)43-2)13-26(31)41(30)15-21-8-11-45-21/h3-7,12-14,21,27-28H,8-11,15-18H2,1-2H3/t21-,27+,28-,34?/m0/s1. The van der Waals surface area contributed by atoms with Crippen molar-refractivity contribution in [3.8, 4) is 11.5 Å². The minimum atomic E-state index is -1.37. The van der Waals surface area contributed by atoms with Crippen LogP contribution in [0.5, 0.6) is 11.5 Å². The van der Waals surface area contributed by atoms with E-state index in [-0.39, 0.29) is 34.8 Å². The van der Waals surface area contributed by atoms with Crippen molar-refractivity contribution < 1.29 is 37.3 Å². The fraction of sp³-hybridized carbons (Fsp3) is 0.412. The van der Waals surface area contributed by atoms with E-state index in [0.717, 1.165) is 12.1 Å². The van der Waals surface area contributed by atoms with Gasteiger partial charge in [0.2, 0.25) is 0 Å². The number of hydrogen-bond donors (Lipinski definition) is 0. The number of anilines is 1. The molecule has 8 rings (SSSR count). The fourth-order valence-corrected chi connectivity index (χ4v) is 7.31. The highest BCUT2D eigenvalue weighted by Crippen LogP contribution is 2.51. The van der Waals surface area contributed by atoms with Crippen LogP contribution in [0.4, 0.5) is 14.5 Å². The number of para-hydroxylation sites is 1. The normalized spacial score (nSPS) is 25.2. The quantitative estimate of drug-likeness (QED) is 0.245. The Balaban J connectivity index is 1.08. The first-order valence-corrected chi connectivity index (χ1v) is 16.0. The van der Waals surface area contributed by atoms with Crippen molar-refractivity contribution in [1.82, 2.24) is 14.5 Å². The highest BCUT2D eigenvalue weighted by molar-refractivity contribution is 6.30. The van der Waals surface area contributed by atoms with Crippen LogP contribution in [0.3, 0.4) is 0 Å². The number of aromatic nitrogens is 2. The maximum absolute atomic E-state index is 15.3. The van der Waals surface area contributed by atoms with Crippen LogP contribution in [0.1, 0.15) is 35.1 Å². The number of hydrogen-bond acceptors (Lipinski definition) is 9. The number of esters is 1. The van der Waals surface area contributed by atoms with Gasteiger partial charge in [-0.1, -0.05) is 17.7 Å². The molecule has 0 amide bonds. The average molecular weight is 667 g/mol. The van der Waals surface area contributed by atoms with Gasteiger partial charge in [-0.3, -0.25) is 4.90 Å². The first-order chi connectivity index (χ1) is 22.7. The zero-order valence-electron chi connectivity index (χ0n) is 25.9. The molecule has 3 aromatic carbocycles. The molecular formula is C34H33ClF2N4O6. The molecule has 4 atom stereocenters. The third-order valence-electron chi connectivity index (χ3n) is 9.64. The lowest BCUT2D eigenvalue weighted by Gasteiger charge is -2.44. The van der Waals surface area contributed by atoms with Crippen molar-refractivity contribution in [2.45, 2.75) is 50.4 Å². The van der Waals surface area contributed by atoms with Crippen LogP contribution < -0.4 is 14.4 Å². The third kappa shape index (κ3) is 5.18. The second kappa shape index (κ2) is 11.6. The molecule has 5 heterocycles. The van der Waals surface area contributed by atoms with Gasteiger partial charge in [-0.25, -0.2) is 18.6 Å². The van der Waals surface area contributed by atoms with E-state index in [4.69, 9.17) is 40.3 Å². The molecule has 3 fully saturated rings. The molecule has 1 aromatic heterocycles. The lowest BCUT2D eigenvalue weighted by Crippen LogP contribution is -2.59. The second-order valence-electron chi connectivity index (χ2n) is 12.5. The maximum atomic E-state index is 15.3. The number of fused-ring (bicyclic) bond motifs is 3. The summed E-state index contributed by atoms with van der Waals surface area (Å²) >= 11 is 6.00. The topological polar surface area (TPSA) is 87.5 Å². The molecule has 0 spiro atoms. The third-order valence-corrected chi connectivity index (χ3v) is 9.88. The number of nitrogens with zero attached hydrogens (tertiary/aromatic N) is 4. The monoisotopic (exact) mass is 666 g/mol. The van der Waals surface area contributed by atoms with Crippen molar-refractivity contribution in [2.24, 2.45) is 0 Å². The van der Waals surface area contributed by atoms with Gasteiger partial charge in [-0.2, -0.15) is 0 Å². The number of ether oxygens (including phenoxy) is 5. The van der Waals surface area contributed by atoms with E-state index < -0.39 is 23.4 Å². The largest absolute Gasteiger partial charge is 0.465 e. The Bertz CT molecular complexity index is 1890. The fourth-order valence-electron chi connectivity index (χ4n) is 7.15. The Labute approximate surface area is 274 Å². The molecule has 47 heavy (non-hydrogen) atoms. The first-order valence-electron chi connectivity index (χ1n) is 15.7. The van der Waals surface area contributed by atoms with Crippen molar-refractivity contribution in [3.05, 3.63) is 82.1 Å². The summed E-state index contributed by atoms with van der Waals surface area (Å²) in [5.74, 6) is -1.30. The lowest BCUT2D eigenvalue weighted by atomic mass is 10.0. The van der Waals surface area contributed by atoms with Crippen LogP contribution in [-0.2, 0) is 33.1 Å². The van der Waals surface area contributed by atoms with Gasteiger partial charge in [0.15, 0.2) is 17.3 Å². The van der Waals surface area contributed by atoms with Gasteiger partial charge >= 0.3 is 5.97 Å². The van der Waals surface area contributed by atoms with E-state index in [1.54, 1.807) is 25.1 Å². The Morgan fingerprint density at radius 3 is 2.68 bits per heavy atom. The van der Waals surface area contributed by atoms with Gasteiger partial charge in [-0.15, -0.1) is 0 Å². The van der Waals surface area contributed by atoms with Gasteiger partial charge in [0.1, 0.15) is 17.2 Å². The molecule has 0 saturated carbocycles. The van der Waals surface area contributed by atoms with Crippen molar-refractivity contribution in [1.29, 1.82) is 0 Å². The minimum absolute atomic E-state index is 0.00529. The molecular weight excluding hydrogens is 634 g/mol. The smallest absolute Gasteiger partial charge is 0.338 e. The van der Waals surface area contributed by atoms with Gasteiger partial charge < -0.3 is 33.2 Å². The highest BCUT2D eigenvalue weighted by atomic mass is 35.5. The van der Waals surface area contributed by atoms with Crippen LogP contribution in [-0.4, -0.2) is 78.6 Å². The van der Waals surface area contributed by atoms with Crippen molar-refractivity contribution in [2.75, 3.05) is 44.9 Å². The summed E-state index contributed by atoms with van der Waals surface area (Å²) in [5.41, 5.74) is 1.97. The summed E-state index contributed by atoms with van der Waals surface area (Å²) in [6.07, 6.45) is 0.886. The Morgan fingerprint density at radius 2 is 1.91 bits per heavy atom. The molecule has 1 unspecified atom stereocenters. The summed E-state index contributed by atoms with van der Waals surface area (Å²) in [7, 11) is 1.27. The van der Waals surface area contributed by atoms with Gasteiger partial charge in [0.25, 0.3) is 5.79 Å². The number of methoxy groups -OCH3 is 1. The molecule has 0 N–H and O–H groups in total. The highest BCUT2D eigenvalue weighted by Gasteiger charge is 2.46. The zero-order chi connectivity index (χ0) is 32.4. The lowest BCUT2D eigenvalue weighted by molar-refractivity contribution is -0.0705. The Morgan fingerprint density at radius 1 is 1.09 bits per heavy atom. The maximum Gasteiger partial charge on any atom is 0.338 e. The summed E-state index contributed by atoms with van der Waals surface area (Å²) < 4.78 is 61.5. The van der Waals surface area contributed by atoms with Crippen molar-refractivity contribution >= 4 is 34.3 Å². The average Bonchev–Trinajstić information content (AvgIpc) is 3.74. The number of halogens is 3. The van der Waals surface area contributed by atoms with Gasteiger partial charge in [0, 0.05) is 31.6 Å². The van der Waals surface area contributed by atoms with Gasteiger partial charge in [0.05, 0.1) is 73.9 Å². The molecule has 4 aliphatic rings. The molecule has 0 radical (unpaired) electrons. The number of benzene rings is 3. The predicted molar refractivity (Wildman–Crippen MR) is 168 cm³/mol. The molecule has 3 saturated heterocycles. The molecule has 246 valence electrons. The molecule has 10 nitrogen and oxygen atoms in total. The number of piperazine rings is 1. The minimum Gasteiger partial charge on any atom is -0.465 e. The molecule has 0 bridgehead atoms. The van der Waals surface area contributed by atoms with Crippen LogP contribution in [0.15, 0.2) is 48.5 Å². The summed E-state index contributed by atoms with van der Waals surface area (Å²) in [6, 6.07) is 12.9.